The van der Waals surface area contributed by atoms with E-state index in [4.69, 9.17) is 4.74 Å². The highest BCUT2D eigenvalue weighted by molar-refractivity contribution is 5.85. The van der Waals surface area contributed by atoms with Gasteiger partial charge in [0.25, 0.3) is 0 Å². The van der Waals surface area contributed by atoms with Crippen LogP contribution in [-0.4, -0.2) is 19.2 Å². The summed E-state index contributed by atoms with van der Waals surface area (Å²) in [5, 5.41) is 3.37. The van der Waals surface area contributed by atoms with E-state index in [2.05, 4.69) is 43.4 Å². The third-order valence-electron chi connectivity index (χ3n) is 3.64. The first kappa shape index (κ1) is 15.3. The lowest BCUT2D eigenvalue weighted by Crippen LogP contribution is -2.34. The molecule has 1 atom stereocenters. The van der Waals surface area contributed by atoms with Gasteiger partial charge in [0.1, 0.15) is 11.9 Å². The van der Waals surface area contributed by atoms with Crippen molar-refractivity contribution in [3.05, 3.63) is 29.8 Å². The minimum atomic E-state index is 0. The van der Waals surface area contributed by atoms with Crippen molar-refractivity contribution < 1.29 is 4.74 Å². The van der Waals surface area contributed by atoms with E-state index < -0.39 is 0 Å². The van der Waals surface area contributed by atoms with Crippen LogP contribution in [0.4, 0.5) is 0 Å². The number of nitrogens with one attached hydrogen (secondary N) is 1. The predicted octanol–water partition coefficient (Wildman–Crippen LogP) is 3.75. The average Bonchev–Trinajstić information content (AvgIpc) is 2.40. The number of para-hydroxylation sites is 1. The second-order valence-electron chi connectivity index (χ2n) is 4.91. The van der Waals surface area contributed by atoms with Crippen LogP contribution in [0.1, 0.15) is 44.6 Å². The summed E-state index contributed by atoms with van der Waals surface area (Å²) >= 11 is 0. The normalized spacial score (nSPS) is 17.9. The molecule has 0 bridgehead atoms. The Bertz CT molecular complexity index is 350. The van der Waals surface area contributed by atoms with Crippen molar-refractivity contribution in [3.63, 3.8) is 0 Å². The maximum absolute atomic E-state index is 6.17. The molecular weight excluding hydrogens is 246 g/mol. The summed E-state index contributed by atoms with van der Waals surface area (Å²) in [7, 11) is 0. The zero-order valence-corrected chi connectivity index (χ0v) is 12.1. The maximum atomic E-state index is 6.17. The fourth-order valence-corrected chi connectivity index (χ4v) is 2.31. The Hall–Kier alpha value is -0.730. The first-order chi connectivity index (χ1) is 8.31. The van der Waals surface area contributed by atoms with E-state index in [0.717, 1.165) is 38.1 Å². The summed E-state index contributed by atoms with van der Waals surface area (Å²) in [5.41, 5.74) is 1.36. The van der Waals surface area contributed by atoms with Crippen molar-refractivity contribution in [1.82, 2.24) is 5.32 Å². The largest absolute Gasteiger partial charge is 0.490 e. The van der Waals surface area contributed by atoms with Gasteiger partial charge in [0.15, 0.2) is 0 Å². The van der Waals surface area contributed by atoms with Gasteiger partial charge >= 0.3 is 0 Å². The molecule has 1 unspecified atom stereocenters. The predicted molar refractivity (Wildman–Crippen MR) is 78.9 cm³/mol. The summed E-state index contributed by atoms with van der Waals surface area (Å²) < 4.78 is 6.17. The smallest absolute Gasteiger partial charge is 0.123 e. The van der Waals surface area contributed by atoms with Gasteiger partial charge in [-0.3, -0.25) is 0 Å². The first-order valence-corrected chi connectivity index (χ1v) is 6.77. The SMILES string of the molecule is CCC(C)c1ccccc1OC1CCNCC1.Cl. The quantitative estimate of drug-likeness (QED) is 0.899. The molecule has 18 heavy (non-hydrogen) atoms. The van der Waals surface area contributed by atoms with Crippen molar-refractivity contribution in [2.45, 2.75) is 45.1 Å². The molecule has 1 saturated heterocycles. The molecular formula is C15H24ClNO. The number of hydrogen-bond acceptors (Lipinski definition) is 2. The Morgan fingerprint density at radius 1 is 1.28 bits per heavy atom. The van der Waals surface area contributed by atoms with Crippen LogP contribution in [0.15, 0.2) is 24.3 Å². The lowest BCUT2D eigenvalue weighted by molar-refractivity contribution is 0.160. The highest BCUT2D eigenvalue weighted by Crippen LogP contribution is 2.29. The molecule has 1 aliphatic rings. The van der Waals surface area contributed by atoms with Gasteiger partial charge in [-0.25, -0.2) is 0 Å². The molecule has 1 fully saturated rings. The second-order valence-corrected chi connectivity index (χ2v) is 4.91. The topological polar surface area (TPSA) is 21.3 Å². The fourth-order valence-electron chi connectivity index (χ4n) is 2.31. The molecule has 102 valence electrons. The van der Waals surface area contributed by atoms with Gasteiger partial charge in [-0.2, -0.15) is 0 Å². The standard InChI is InChI=1S/C15H23NO.ClH/c1-3-12(2)14-6-4-5-7-15(14)17-13-8-10-16-11-9-13;/h4-7,12-13,16H,3,8-11H2,1-2H3;1H. The zero-order chi connectivity index (χ0) is 12.1. The van der Waals surface area contributed by atoms with Gasteiger partial charge in [-0.1, -0.05) is 32.0 Å². The van der Waals surface area contributed by atoms with Crippen LogP contribution >= 0.6 is 12.4 Å². The molecule has 0 amide bonds. The number of hydrogen-bond donors (Lipinski definition) is 1. The summed E-state index contributed by atoms with van der Waals surface area (Å²) in [6.45, 7) is 6.66. The number of ether oxygens (including phenoxy) is 1. The molecule has 1 aromatic carbocycles. The van der Waals surface area contributed by atoms with Gasteiger partial charge < -0.3 is 10.1 Å². The van der Waals surface area contributed by atoms with Gasteiger partial charge in [0, 0.05) is 0 Å². The van der Waals surface area contributed by atoms with E-state index in [1.54, 1.807) is 0 Å². The number of halogens is 1. The van der Waals surface area contributed by atoms with Crippen molar-refractivity contribution in [1.29, 1.82) is 0 Å². The summed E-state index contributed by atoms with van der Waals surface area (Å²) in [6, 6.07) is 8.49. The molecule has 0 spiro atoms. The van der Waals surface area contributed by atoms with E-state index in [1.807, 2.05) is 0 Å². The van der Waals surface area contributed by atoms with Crippen molar-refractivity contribution in [3.8, 4) is 5.75 Å². The Morgan fingerprint density at radius 3 is 2.61 bits per heavy atom. The van der Waals surface area contributed by atoms with Gasteiger partial charge in [-0.05, 0) is 49.9 Å². The molecule has 1 heterocycles. The van der Waals surface area contributed by atoms with Crippen LogP contribution in [0.2, 0.25) is 0 Å². The van der Waals surface area contributed by atoms with Crippen molar-refractivity contribution >= 4 is 12.4 Å². The lowest BCUT2D eigenvalue weighted by Gasteiger charge is -2.26. The van der Waals surface area contributed by atoms with Crippen molar-refractivity contribution in [2.24, 2.45) is 0 Å². The number of rotatable bonds is 4. The molecule has 3 heteroatoms. The van der Waals surface area contributed by atoms with Crippen molar-refractivity contribution in [2.75, 3.05) is 13.1 Å². The third kappa shape index (κ3) is 3.89. The minimum Gasteiger partial charge on any atom is -0.490 e. The number of piperidine rings is 1. The minimum absolute atomic E-state index is 0. The van der Waals surface area contributed by atoms with Crippen LogP contribution < -0.4 is 10.1 Å². The van der Waals surface area contributed by atoms with Gasteiger partial charge in [-0.15, -0.1) is 12.4 Å². The Balaban J connectivity index is 0.00000162. The number of benzene rings is 1. The van der Waals surface area contributed by atoms with E-state index in [-0.39, 0.29) is 12.4 Å². The summed E-state index contributed by atoms with van der Waals surface area (Å²) in [6.07, 6.45) is 3.79. The van der Waals surface area contributed by atoms with Crippen LogP contribution in [0.25, 0.3) is 0 Å². The van der Waals surface area contributed by atoms with E-state index >= 15 is 0 Å². The monoisotopic (exact) mass is 269 g/mol. The lowest BCUT2D eigenvalue weighted by atomic mass is 9.97. The molecule has 0 saturated carbocycles. The van der Waals surface area contributed by atoms with Crippen LogP contribution in [0.3, 0.4) is 0 Å². The molecule has 0 radical (unpaired) electrons. The first-order valence-electron chi connectivity index (χ1n) is 6.77. The molecule has 1 N–H and O–H groups in total. The Morgan fingerprint density at radius 2 is 1.94 bits per heavy atom. The van der Waals surface area contributed by atoms with Crippen LogP contribution in [0.5, 0.6) is 5.75 Å². The Labute approximate surface area is 117 Å². The highest BCUT2D eigenvalue weighted by Gasteiger charge is 2.17. The average molecular weight is 270 g/mol. The van der Waals surface area contributed by atoms with E-state index in [0.29, 0.717) is 12.0 Å². The van der Waals surface area contributed by atoms with Crippen LogP contribution in [-0.2, 0) is 0 Å². The fraction of sp³-hybridized carbons (Fsp3) is 0.600. The van der Waals surface area contributed by atoms with E-state index in [9.17, 15) is 0 Å². The molecule has 2 rings (SSSR count). The summed E-state index contributed by atoms with van der Waals surface area (Å²) in [5.74, 6) is 1.67. The molecule has 2 nitrogen and oxygen atoms in total. The molecule has 0 aromatic heterocycles. The molecule has 0 aliphatic carbocycles. The zero-order valence-electron chi connectivity index (χ0n) is 11.3. The summed E-state index contributed by atoms with van der Waals surface area (Å²) in [4.78, 5) is 0. The highest BCUT2D eigenvalue weighted by atomic mass is 35.5. The third-order valence-corrected chi connectivity index (χ3v) is 3.64. The van der Waals surface area contributed by atoms with E-state index in [1.165, 1.54) is 5.56 Å². The van der Waals surface area contributed by atoms with Gasteiger partial charge in [0.05, 0.1) is 0 Å². The van der Waals surface area contributed by atoms with Crippen LogP contribution in [0, 0.1) is 0 Å². The molecule has 1 aromatic rings. The maximum Gasteiger partial charge on any atom is 0.123 e. The van der Waals surface area contributed by atoms with Gasteiger partial charge in [0.2, 0.25) is 0 Å². The Kier molecular flexibility index (Phi) is 6.51. The second kappa shape index (κ2) is 7.65. The molecule has 1 aliphatic heterocycles.